The van der Waals surface area contributed by atoms with E-state index in [4.69, 9.17) is 11.6 Å². The number of hydrogen-bond donors (Lipinski definition) is 2. The molecule has 8 aromatic carbocycles. The molecule has 9 atom stereocenters. The maximum absolute atomic E-state index is 12.2. The van der Waals surface area contributed by atoms with Crippen LogP contribution in [0.25, 0.3) is 0 Å². The van der Waals surface area contributed by atoms with Crippen LogP contribution in [0.4, 0.5) is 11.4 Å². The number of aromatic hydroxyl groups is 1. The summed E-state index contributed by atoms with van der Waals surface area (Å²) in [4.78, 5) is 126. The van der Waals surface area contributed by atoms with Gasteiger partial charge in [-0.1, -0.05) is 242 Å². The number of rotatable bonds is 10. The first kappa shape index (κ1) is 109. The van der Waals surface area contributed by atoms with Crippen molar-refractivity contribution < 1.29 is 48.4 Å². The van der Waals surface area contributed by atoms with Crippen molar-refractivity contribution in [2.75, 3.05) is 57.3 Å². The Labute approximate surface area is 892 Å². The zero-order chi connectivity index (χ0) is 105. The van der Waals surface area contributed by atoms with E-state index in [1.807, 2.05) is 30.3 Å². The van der Waals surface area contributed by atoms with Crippen molar-refractivity contribution in [3.8, 4) is 5.75 Å². The summed E-state index contributed by atoms with van der Waals surface area (Å²) >= 11 is 6.06. The van der Waals surface area contributed by atoms with Gasteiger partial charge in [0.15, 0.2) is 40.5 Å². The number of allylic oxidation sites excluding steroid dienone is 8. The quantitative estimate of drug-likeness (QED) is 0.0735. The van der Waals surface area contributed by atoms with E-state index in [1.165, 1.54) is 85.3 Å². The SMILES string of the molecule is C=C1CCC(N2CCCC(c3ccccc3)C2)C(=O)C1.C=C1CCC(N2CCc3cc(C)ccc3C2)C(=O)C1.C=C1CCC(N2CCc3ccc(Cl)cc3C2)C(=O)C1.C=C1CCC(N2CCc3ccc(O)cc3C2)C(=O)C1.C=C1CCC(N2CCc3ccc([N+](=O)[O-])cc3C2)C(=O)C1.C=C1CCC(N2CCc3ccccc32)C(=O)C1.C=C1CCC(N2CCc3ccccc3C2)C(=O)N1.C=C1CCC(N2Cc3ccccc3C2)C(=O)C1. The number of nitrogens with one attached hydrogen (secondary N) is 1. The molecule has 0 radical (unpaired) electrons. The molecule has 150 heavy (non-hydrogen) atoms. The van der Waals surface area contributed by atoms with Crippen LogP contribution in [-0.4, -0.2) is 191 Å². The smallest absolute Gasteiger partial charge is 0.269 e. The van der Waals surface area contributed by atoms with Gasteiger partial charge in [0, 0.05) is 165 Å². The fourth-order valence-corrected chi connectivity index (χ4v) is 25.5. The third kappa shape index (κ3) is 28.0. The predicted octanol–water partition coefficient (Wildman–Crippen LogP) is 22.3. The number of para-hydroxylation sites is 1. The normalized spacial score (nSPS) is 24.8. The first-order valence-corrected chi connectivity index (χ1v) is 55.3. The third-order valence-electron chi connectivity index (χ3n) is 33.7. The Bertz CT molecular complexity index is 6350. The van der Waals surface area contributed by atoms with E-state index in [1.54, 1.807) is 18.2 Å². The number of phenolic OH excluding ortho intramolecular Hbond substituents is 1. The van der Waals surface area contributed by atoms with Crippen molar-refractivity contribution >= 4 is 69.4 Å². The van der Waals surface area contributed by atoms with Crippen molar-refractivity contribution in [3.63, 3.8) is 0 Å². The molecule has 2 N–H and O–H groups in total. The highest BCUT2D eigenvalue weighted by molar-refractivity contribution is 6.30. The molecule has 22 heteroatoms. The highest BCUT2D eigenvalue weighted by Crippen LogP contribution is 2.41. The van der Waals surface area contributed by atoms with Gasteiger partial charge in [-0.3, -0.25) is 82.8 Å². The van der Waals surface area contributed by atoms with Crippen molar-refractivity contribution in [1.29, 1.82) is 0 Å². The van der Waals surface area contributed by atoms with Crippen molar-refractivity contribution in [2.45, 2.75) is 306 Å². The van der Waals surface area contributed by atoms with Gasteiger partial charge in [-0.2, -0.15) is 0 Å². The Hall–Kier alpha value is -12.2. The highest BCUT2D eigenvalue weighted by Gasteiger charge is 2.42. The lowest BCUT2D eigenvalue weighted by atomic mass is 9.85. The minimum Gasteiger partial charge on any atom is -0.508 e. The number of nitro groups is 1. The largest absolute Gasteiger partial charge is 0.508 e. The molecule has 8 aromatic rings. The Morgan fingerprint density at radius 2 is 0.653 bits per heavy atom. The molecule has 0 spiro atoms. The molecule has 1 amide bonds. The second kappa shape index (κ2) is 50.9. The van der Waals surface area contributed by atoms with Gasteiger partial charge in [0.1, 0.15) is 5.75 Å². The van der Waals surface area contributed by atoms with E-state index in [-0.39, 0.29) is 70.6 Å². The monoisotopic (exact) mass is 2040 g/mol. The van der Waals surface area contributed by atoms with Gasteiger partial charge in [-0.25, -0.2) is 0 Å². The molecule has 24 rings (SSSR count). The second-order valence-electron chi connectivity index (χ2n) is 44.5. The van der Waals surface area contributed by atoms with Crippen LogP contribution in [0.15, 0.2) is 273 Å². The molecule has 21 nitrogen and oxygen atoms in total. The number of Topliss-reactive ketones (excluding diaryl/α,β-unsaturated/α-hetero) is 7. The summed E-state index contributed by atoms with van der Waals surface area (Å²) in [5.41, 5.74) is 29.6. The average molecular weight is 2040 g/mol. The molecule has 786 valence electrons. The molecule has 2 saturated heterocycles. The minimum atomic E-state index is -0.366. The maximum Gasteiger partial charge on any atom is 0.269 e. The van der Waals surface area contributed by atoms with E-state index in [0.29, 0.717) is 97.9 Å². The zero-order valence-corrected chi connectivity index (χ0v) is 88.8. The molecule has 9 unspecified atom stereocenters. The fourth-order valence-electron chi connectivity index (χ4n) is 25.3. The first-order valence-electron chi connectivity index (χ1n) is 54.9. The molecule has 9 fully saturated rings. The summed E-state index contributed by atoms with van der Waals surface area (Å²) in [6.07, 6.45) is 27.5. The summed E-state index contributed by atoms with van der Waals surface area (Å²) in [6.45, 7) is 47.2. The van der Waals surface area contributed by atoms with Crippen LogP contribution in [0, 0.1) is 17.0 Å². The fraction of sp³-hybridized carbons (Fsp3) is 0.438. The van der Waals surface area contributed by atoms with Crippen LogP contribution in [0.1, 0.15) is 250 Å². The summed E-state index contributed by atoms with van der Waals surface area (Å²) in [6, 6.07) is 60.2. The van der Waals surface area contributed by atoms with Crippen LogP contribution < -0.4 is 10.2 Å². The van der Waals surface area contributed by atoms with Crippen LogP contribution in [0.3, 0.4) is 0 Å². The molecule has 0 bridgehead atoms. The zero-order valence-electron chi connectivity index (χ0n) is 88.1. The number of ketones is 7. The van der Waals surface area contributed by atoms with Gasteiger partial charge in [0.05, 0.1) is 53.3 Å². The lowest BCUT2D eigenvalue weighted by Crippen LogP contribution is -2.50. The van der Waals surface area contributed by atoms with Gasteiger partial charge in [-0.15, -0.1) is 0 Å². The summed E-state index contributed by atoms with van der Waals surface area (Å²) in [5, 5.41) is 24.1. The number of carbonyl (C=O) groups excluding carboxylic acids is 8. The van der Waals surface area contributed by atoms with Crippen molar-refractivity contribution in [2.24, 2.45) is 0 Å². The Balaban J connectivity index is 0.000000117. The number of nitrogens with zero attached hydrogens (tertiary/aromatic N) is 9. The van der Waals surface area contributed by atoms with E-state index in [9.17, 15) is 53.6 Å². The standard InChI is InChI=1S/C18H23NO.C17H21NO.C16H18ClNO.C16H18N2O3.C16H19NO2.C15H18N2O.2C15H17NO/c1-14-9-10-17(18(20)12-14)19-11-5-8-16(13-19)15-6-3-2-4-7-15;1-12-3-5-15-11-18(8-7-14(15)9-12)16-6-4-13(2)10-17(16)19;1-11-2-5-15(16(19)8-11)18-7-6-12-3-4-14(17)9-13(12)10-18;1-11-2-5-15(16(19)8-11)17-7-6-12-3-4-14(18(20)21)9-13(12)10-17;1-11-2-5-15(16(19)8-11)17-7-6-12-3-4-14(18)9-13(12)10-17;1-11-6-7-14(15(18)16-11)17-9-8-12-4-2-3-5-13(12)10-17;1-11-6-7-14(15(17)8-11)16-9-12-4-2-3-5-13(12)10-16;1-11-6-7-14(15(17)10-11)16-9-8-12-4-2-3-5-13(12)16/h2-4,6-7,16-17H,1,5,8-13H2;3,5,9,16H,2,4,6-8,10-11H2,1H3;3-4,9,15H,1-2,5-8,10H2;3-4,9,15H,1-2,5-8,10H2;3-4,9,15,18H,1-2,5-8,10H2;2-5,14H,1,6-10H2,(H,16,18);2*2-5,14H,1,6-10H2. The number of carbonyl (C=O) groups is 8. The highest BCUT2D eigenvalue weighted by atomic mass is 35.5. The second-order valence-corrected chi connectivity index (χ2v) is 44.9. The molecule has 9 aliphatic heterocycles. The molecule has 9 heterocycles. The number of nitro benzene ring substituents is 1. The van der Waals surface area contributed by atoms with Gasteiger partial charge < -0.3 is 15.3 Å². The van der Waals surface area contributed by atoms with Crippen LogP contribution >= 0.6 is 11.6 Å². The van der Waals surface area contributed by atoms with Gasteiger partial charge >= 0.3 is 0 Å². The molecular weight excluding hydrogens is 1890 g/mol. The van der Waals surface area contributed by atoms with Gasteiger partial charge in [-0.05, 0) is 282 Å². The summed E-state index contributed by atoms with van der Waals surface area (Å²) in [7, 11) is 0. The molecular formula is C128H151ClN10O11. The maximum atomic E-state index is 12.2. The van der Waals surface area contributed by atoms with Crippen LogP contribution in [0.5, 0.6) is 5.75 Å². The Kier molecular flexibility index (Phi) is 37.0. The Morgan fingerprint density at radius 1 is 0.313 bits per heavy atom. The first-order chi connectivity index (χ1) is 72.4. The third-order valence-corrected chi connectivity index (χ3v) is 33.9. The number of aryl methyl sites for hydroxylation is 1. The van der Waals surface area contributed by atoms with Crippen molar-refractivity contribution in [3.05, 3.63) is 372 Å². The van der Waals surface area contributed by atoms with E-state index >= 15 is 0 Å². The number of phenols is 1. The van der Waals surface area contributed by atoms with Crippen molar-refractivity contribution in [1.82, 2.24) is 39.6 Å². The summed E-state index contributed by atoms with van der Waals surface area (Å²) < 4.78 is 0. The predicted molar refractivity (Wildman–Crippen MR) is 597 cm³/mol. The van der Waals surface area contributed by atoms with E-state index in [2.05, 4.69) is 231 Å². The summed E-state index contributed by atoms with van der Waals surface area (Å²) in [5.74, 6) is 3.34. The number of piperidine rings is 2. The number of amides is 1. The molecule has 7 aliphatic carbocycles. The molecule has 16 aliphatic rings. The number of likely N-dealkylation sites (tertiary alicyclic amines) is 1. The number of halogens is 1. The van der Waals surface area contributed by atoms with E-state index < -0.39 is 0 Å². The number of benzene rings is 8. The van der Waals surface area contributed by atoms with E-state index in [0.717, 1.165) is 299 Å². The average Bonchev–Trinajstić information content (AvgIpc) is 1.76. The topological polar surface area (TPSA) is 238 Å². The lowest BCUT2D eigenvalue weighted by molar-refractivity contribution is -0.385. The molecule has 7 saturated carbocycles. The van der Waals surface area contributed by atoms with Crippen LogP contribution in [0.2, 0.25) is 5.02 Å². The number of anilines is 1. The lowest BCUT2D eigenvalue weighted by Gasteiger charge is -2.39. The molecule has 0 aromatic heterocycles. The minimum absolute atomic E-state index is 0.0175. The van der Waals surface area contributed by atoms with Gasteiger partial charge in [0.2, 0.25) is 5.91 Å². The number of non-ortho nitro benzene ring substituents is 1. The number of fused-ring (bicyclic) bond motifs is 7. The van der Waals surface area contributed by atoms with Gasteiger partial charge in [0.25, 0.3) is 5.69 Å². The van der Waals surface area contributed by atoms with Crippen LogP contribution in [-0.2, 0) is 123 Å². The number of hydrogen-bond acceptors (Lipinski definition) is 19. The Morgan fingerprint density at radius 3 is 1.11 bits per heavy atom.